The number of hydrogen-bond acceptors (Lipinski definition) is 7. The Hall–Kier alpha value is -2.53. The van der Waals surface area contributed by atoms with E-state index in [1.807, 2.05) is 6.07 Å². The Bertz CT molecular complexity index is 601. The molecule has 8 heteroatoms. The Labute approximate surface area is 106 Å². The number of thiazole rings is 1. The standard InChI is InChI=1S/C10H7N5O2S/c11-2-1-7-5-13-8(18-7)6-3-14-10(15-4-6)17-9(12)16/h3-5H,1H2,(H2,12,16). The molecule has 7 nitrogen and oxygen atoms in total. The number of aromatic nitrogens is 3. The maximum atomic E-state index is 10.5. The van der Waals surface area contributed by atoms with E-state index in [0.717, 1.165) is 4.88 Å². The number of primary amides is 1. The van der Waals surface area contributed by atoms with E-state index < -0.39 is 6.09 Å². The Kier molecular flexibility index (Phi) is 3.45. The monoisotopic (exact) mass is 261 g/mol. The largest absolute Gasteiger partial charge is 0.412 e. The van der Waals surface area contributed by atoms with Gasteiger partial charge in [0.25, 0.3) is 0 Å². The maximum absolute atomic E-state index is 10.5. The molecule has 0 bridgehead atoms. The van der Waals surface area contributed by atoms with Crippen LogP contribution in [0.2, 0.25) is 0 Å². The summed E-state index contributed by atoms with van der Waals surface area (Å²) in [5.74, 6) is 0. The zero-order chi connectivity index (χ0) is 13.0. The zero-order valence-electron chi connectivity index (χ0n) is 9.03. The molecule has 0 fully saturated rings. The van der Waals surface area contributed by atoms with Gasteiger partial charge >= 0.3 is 12.1 Å². The van der Waals surface area contributed by atoms with Crippen LogP contribution in [0.1, 0.15) is 4.88 Å². The number of nitriles is 1. The second kappa shape index (κ2) is 5.20. The minimum atomic E-state index is -0.965. The van der Waals surface area contributed by atoms with Crippen LogP contribution in [0.5, 0.6) is 6.01 Å². The van der Waals surface area contributed by atoms with Gasteiger partial charge in [0.15, 0.2) is 0 Å². The molecule has 0 unspecified atom stereocenters. The third kappa shape index (κ3) is 2.78. The molecule has 2 aromatic rings. The third-order valence-corrected chi connectivity index (χ3v) is 2.92. The molecule has 2 N–H and O–H groups in total. The van der Waals surface area contributed by atoms with Crippen LogP contribution in [0, 0.1) is 11.3 Å². The Morgan fingerprint density at radius 3 is 2.72 bits per heavy atom. The van der Waals surface area contributed by atoms with Gasteiger partial charge in [0.1, 0.15) is 5.01 Å². The van der Waals surface area contributed by atoms with E-state index in [2.05, 4.69) is 19.7 Å². The smallest absolute Gasteiger partial charge is 0.374 e. The van der Waals surface area contributed by atoms with E-state index >= 15 is 0 Å². The zero-order valence-corrected chi connectivity index (χ0v) is 9.85. The number of nitrogens with zero attached hydrogens (tertiary/aromatic N) is 4. The van der Waals surface area contributed by atoms with Crippen molar-refractivity contribution in [2.24, 2.45) is 5.73 Å². The van der Waals surface area contributed by atoms with Crippen LogP contribution in [-0.4, -0.2) is 21.0 Å². The molecule has 90 valence electrons. The minimum Gasteiger partial charge on any atom is -0.374 e. The molecule has 18 heavy (non-hydrogen) atoms. The van der Waals surface area contributed by atoms with Gasteiger partial charge in [0, 0.05) is 29.0 Å². The van der Waals surface area contributed by atoms with Gasteiger partial charge in [-0.2, -0.15) is 5.26 Å². The number of ether oxygens (including phenoxy) is 1. The quantitative estimate of drug-likeness (QED) is 0.885. The number of carbonyl (C=O) groups is 1. The Morgan fingerprint density at radius 1 is 1.39 bits per heavy atom. The van der Waals surface area contributed by atoms with E-state index in [4.69, 9.17) is 11.0 Å². The fraction of sp³-hybridized carbons (Fsp3) is 0.100. The van der Waals surface area contributed by atoms with Gasteiger partial charge in [-0.25, -0.2) is 19.7 Å². The summed E-state index contributed by atoms with van der Waals surface area (Å²) in [7, 11) is 0. The molecular formula is C10H7N5O2S. The van der Waals surface area contributed by atoms with Crippen molar-refractivity contribution in [1.29, 1.82) is 5.26 Å². The number of carbonyl (C=O) groups excluding carboxylic acids is 1. The van der Waals surface area contributed by atoms with Gasteiger partial charge in [-0.05, 0) is 0 Å². The highest BCUT2D eigenvalue weighted by molar-refractivity contribution is 7.15. The van der Waals surface area contributed by atoms with E-state index in [1.165, 1.54) is 23.7 Å². The van der Waals surface area contributed by atoms with E-state index in [9.17, 15) is 4.79 Å². The predicted molar refractivity (Wildman–Crippen MR) is 62.7 cm³/mol. The van der Waals surface area contributed by atoms with Gasteiger partial charge in [0.05, 0.1) is 12.5 Å². The van der Waals surface area contributed by atoms with Crippen molar-refractivity contribution >= 4 is 17.4 Å². The van der Waals surface area contributed by atoms with Crippen molar-refractivity contribution in [1.82, 2.24) is 15.0 Å². The highest BCUT2D eigenvalue weighted by Gasteiger charge is 2.07. The van der Waals surface area contributed by atoms with Gasteiger partial charge < -0.3 is 10.5 Å². The normalized spacial score (nSPS) is 9.72. The van der Waals surface area contributed by atoms with Crippen LogP contribution in [0.15, 0.2) is 18.6 Å². The van der Waals surface area contributed by atoms with Crippen LogP contribution in [0.3, 0.4) is 0 Å². The first kappa shape index (κ1) is 11.9. The Balaban J connectivity index is 2.18. The van der Waals surface area contributed by atoms with E-state index in [0.29, 0.717) is 17.0 Å². The molecule has 0 aliphatic heterocycles. The molecule has 0 aliphatic carbocycles. The number of hydrogen-bond donors (Lipinski definition) is 1. The summed E-state index contributed by atoms with van der Waals surface area (Å²) in [5.41, 5.74) is 5.51. The molecule has 0 atom stereocenters. The van der Waals surface area contributed by atoms with Crippen LogP contribution in [0.4, 0.5) is 4.79 Å². The van der Waals surface area contributed by atoms with Gasteiger partial charge in [0.2, 0.25) is 0 Å². The molecule has 1 amide bonds. The van der Waals surface area contributed by atoms with Crippen molar-refractivity contribution < 1.29 is 9.53 Å². The second-order valence-electron chi connectivity index (χ2n) is 3.14. The summed E-state index contributed by atoms with van der Waals surface area (Å²) in [5, 5.41) is 9.26. The lowest BCUT2D eigenvalue weighted by Gasteiger charge is -1.98. The molecule has 0 saturated heterocycles. The van der Waals surface area contributed by atoms with Crippen molar-refractivity contribution in [3.8, 4) is 22.7 Å². The summed E-state index contributed by atoms with van der Waals surface area (Å²) in [6.07, 6.45) is 3.94. The molecule has 2 aromatic heterocycles. The van der Waals surface area contributed by atoms with Gasteiger partial charge in [-0.15, -0.1) is 11.3 Å². The lowest BCUT2D eigenvalue weighted by atomic mass is 10.4. The summed E-state index contributed by atoms with van der Waals surface area (Å²) in [4.78, 5) is 23.1. The first-order valence-corrected chi connectivity index (χ1v) is 5.62. The predicted octanol–water partition coefficient (Wildman–Crippen LogP) is 1.12. The average molecular weight is 261 g/mol. The molecule has 0 spiro atoms. The highest BCUT2D eigenvalue weighted by atomic mass is 32.1. The lowest BCUT2D eigenvalue weighted by Crippen LogP contribution is -2.17. The second-order valence-corrected chi connectivity index (χ2v) is 4.26. The number of rotatable bonds is 3. The molecular weight excluding hydrogens is 254 g/mol. The summed E-state index contributed by atoms with van der Waals surface area (Å²) in [6, 6.07) is 1.94. The van der Waals surface area contributed by atoms with Crippen molar-refractivity contribution in [3.63, 3.8) is 0 Å². The molecule has 2 rings (SSSR count). The van der Waals surface area contributed by atoms with Gasteiger partial charge in [-0.3, -0.25) is 0 Å². The minimum absolute atomic E-state index is 0.111. The molecule has 0 saturated carbocycles. The van der Waals surface area contributed by atoms with Crippen LogP contribution in [0.25, 0.3) is 10.6 Å². The first-order valence-electron chi connectivity index (χ1n) is 4.80. The summed E-state index contributed by atoms with van der Waals surface area (Å²) >= 11 is 1.38. The molecule has 0 aromatic carbocycles. The maximum Gasteiger partial charge on any atom is 0.412 e. The third-order valence-electron chi connectivity index (χ3n) is 1.87. The fourth-order valence-corrected chi connectivity index (χ4v) is 1.99. The molecule has 2 heterocycles. The average Bonchev–Trinajstić information content (AvgIpc) is 2.78. The molecule has 0 radical (unpaired) electrons. The highest BCUT2D eigenvalue weighted by Crippen LogP contribution is 2.24. The summed E-state index contributed by atoms with van der Waals surface area (Å²) < 4.78 is 4.51. The van der Waals surface area contributed by atoms with Gasteiger partial charge in [-0.1, -0.05) is 0 Å². The first-order chi connectivity index (χ1) is 8.69. The van der Waals surface area contributed by atoms with E-state index in [-0.39, 0.29) is 6.01 Å². The number of nitrogens with two attached hydrogens (primary N) is 1. The van der Waals surface area contributed by atoms with Crippen molar-refractivity contribution in [2.45, 2.75) is 6.42 Å². The van der Waals surface area contributed by atoms with Crippen molar-refractivity contribution in [3.05, 3.63) is 23.5 Å². The van der Waals surface area contributed by atoms with Crippen LogP contribution < -0.4 is 10.5 Å². The lowest BCUT2D eigenvalue weighted by molar-refractivity contribution is 0.207. The summed E-state index contributed by atoms with van der Waals surface area (Å²) in [6.45, 7) is 0. The number of amides is 1. The van der Waals surface area contributed by atoms with E-state index in [1.54, 1.807) is 6.20 Å². The SMILES string of the molecule is N#CCc1cnc(-c2cnc(OC(N)=O)nc2)s1. The topological polar surface area (TPSA) is 115 Å². The van der Waals surface area contributed by atoms with Crippen molar-refractivity contribution in [2.75, 3.05) is 0 Å². The molecule has 0 aliphatic rings. The Morgan fingerprint density at radius 2 is 2.11 bits per heavy atom. The fourth-order valence-electron chi connectivity index (χ4n) is 1.17. The van der Waals surface area contributed by atoms with Crippen LogP contribution in [-0.2, 0) is 6.42 Å². The van der Waals surface area contributed by atoms with Crippen LogP contribution >= 0.6 is 11.3 Å².